The summed E-state index contributed by atoms with van der Waals surface area (Å²) in [5.74, 6) is -0.750. The van der Waals surface area contributed by atoms with Crippen molar-refractivity contribution in [3.05, 3.63) is 36.6 Å². The summed E-state index contributed by atoms with van der Waals surface area (Å²) in [7, 11) is 1.42. The Kier molecular flexibility index (Phi) is 3.73. The average Bonchev–Trinajstić information content (AvgIpc) is 1.99. The third kappa shape index (κ3) is 3.25. The van der Waals surface area contributed by atoms with Gasteiger partial charge in [-0.2, -0.15) is 0 Å². The van der Waals surface area contributed by atoms with Gasteiger partial charge in [0.2, 0.25) is 0 Å². The predicted molar refractivity (Wildman–Crippen MR) is 42.1 cm³/mol. The van der Waals surface area contributed by atoms with Crippen molar-refractivity contribution >= 4 is 5.97 Å². The molecule has 0 bridgehead atoms. The normalized spacial score (nSPS) is 10.5. The molecule has 60 valence electrons. The molecule has 0 aliphatic heterocycles. The highest BCUT2D eigenvalue weighted by Gasteiger charge is 2.01. The van der Waals surface area contributed by atoms with Crippen LogP contribution in [0, 0.1) is 0 Å². The van der Waals surface area contributed by atoms with Crippen molar-refractivity contribution in [2.24, 2.45) is 0 Å². The standard InChI is InChI=1S/C8H10O3/c1-4-7(8(9)10)5-6(2)11-3/h4-5H,1-2H2,3H3,(H,9,10)/b7-5+. The van der Waals surface area contributed by atoms with Gasteiger partial charge < -0.3 is 9.84 Å². The summed E-state index contributed by atoms with van der Waals surface area (Å²) in [6.07, 6.45) is 2.53. The Bertz CT molecular complexity index is 213. The lowest BCUT2D eigenvalue weighted by Gasteiger charge is -1.97. The second-order valence-corrected chi connectivity index (χ2v) is 1.78. The van der Waals surface area contributed by atoms with Gasteiger partial charge in [0, 0.05) is 0 Å². The molecular formula is C8H10O3. The van der Waals surface area contributed by atoms with E-state index in [0.29, 0.717) is 5.76 Å². The van der Waals surface area contributed by atoms with Crippen LogP contribution in [0.1, 0.15) is 0 Å². The molecule has 11 heavy (non-hydrogen) atoms. The SMILES string of the molecule is C=C/C(=C\C(=C)OC)C(=O)O. The van der Waals surface area contributed by atoms with E-state index in [1.807, 2.05) is 0 Å². The molecule has 0 amide bonds. The van der Waals surface area contributed by atoms with Gasteiger partial charge >= 0.3 is 5.97 Å². The van der Waals surface area contributed by atoms with E-state index in [4.69, 9.17) is 5.11 Å². The zero-order valence-corrected chi connectivity index (χ0v) is 6.33. The van der Waals surface area contributed by atoms with Crippen molar-refractivity contribution in [3.63, 3.8) is 0 Å². The van der Waals surface area contributed by atoms with Crippen LogP contribution >= 0.6 is 0 Å². The zero-order valence-electron chi connectivity index (χ0n) is 6.33. The van der Waals surface area contributed by atoms with E-state index in [1.54, 1.807) is 0 Å². The number of carboxylic acids is 1. The van der Waals surface area contributed by atoms with Gasteiger partial charge in [0.15, 0.2) is 0 Å². The molecule has 0 aliphatic rings. The molecule has 0 atom stereocenters. The van der Waals surface area contributed by atoms with Crippen LogP contribution in [0.4, 0.5) is 0 Å². The van der Waals surface area contributed by atoms with Crippen LogP contribution in [0.2, 0.25) is 0 Å². The Hall–Kier alpha value is -1.51. The van der Waals surface area contributed by atoms with Crippen LogP contribution in [0.25, 0.3) is 0 Å². The number of aliphatic carboxylic acids is 1. The third-order valence-corrected chi connectivity index (χ3v) is 1.05. The van der Waals surface area contributed by atoms with Gasteiger partial charge in [-0.05, 0) is 6.08 Å². The molecule has 0 saturated heterocycles. The van der Waals surface area contributed by atoms with Crippen molar-refractivity contribution in [1.82, 2.24) is 0 Å². The first-order chi connectivity index (χ1) is 5.11. The van der Waals surface area contributed by atoms with Gasteiger partial charge in [0.05, 0.1) is 12.7 Å². The molecule has 0 spiro atoms. The molecule has 0 fully saturated rings. The largest absolute Gasteiger partial charge is 0.497 e. The molecule has 0 radical (unpaired) electrons. The molecule has 1 N–H and O–H groups in total. The highest BCUT2D eigenvalue weighted by Crippen LogP contribution is 2.02. The topological polar surface area (TPSA) is 46.5 Å². The van der Waals surface area contributed by atoms with Crippen LogP contribution in [0.3, 0.4) is 0 Å². The first kappa shape index (κ1) is 9.49. The first-order valence-corrected chi connectivity index (χ1v) is 2.92. The van der Waals surface area contributed by atoms with Crippen LogP contribution in [0.15, 0.2) is 36.6 Å². The minimum absolute atomic E-state index is 0.0665. The average molecular weight is 154 g/mol. The van der Waals surface area contributed by atoms with Crippen molar-refractivity contribution < 1.29 is 14.6 Å². The molecule has 0 heterocycles. The van der Waals surface area contributed by atoms with E-state index in [0.717, 1.165) is 0 Å². The van der Waals surface area contributed by atoms with Gasteiger partial charge in [-0.3, -0.25) is 0 Å². The first-order valence-electron chi connectivity index (χ1n) is 2.92. The number of carbonyl (C=O) groups is 1. The second kappa shape index (κ2) is 4.33. The summed E-state index contributed by atoms with van der Waals surface area (Å²) < 4.78 is 4.65. The zero-order chi connectivity index (χ0) is 8.85. The summed E-state index contributed by atoms with van der Waals surface area (Å²) >= 11 is 0. The number of ether oxygens (including phenoxy) is 1. The van der Waals surface area contributed by atoms with E-state index >= 15 is 0 Å². The quantitative estimate of drug-likeness (QED) is 0.377. The molecule has 0 aliphatic carbocycles. The van der Waals surface area contributed by atoms with Gasteiger partial charge in [-0.25, -0.2) is 4.79 Å². The molecular weight excluding hydrogens is 144 g/mol. The van der Waals surface area contributed by atoms with Crippen molar-refractivity contribution in [2.45, 2.75) is 0 Å². The van der Waals surface area contributed by atoms with Crippen molar-refractivity contribution in [2.75, 3.05) is 7.11 Å². The Morgan fingerprint density at radius 3 is 2.45 bits per heavy atom. The smallest absolute Gasteiger partial charge is 0.335 e. The Labute approximate surface area is 65.3 Å². The van der Waals surface area contributed by atoms with Crippen LogP contribution in [-0.2, 0) is 9.53 Å². The number of allylic oxidation sites excluding steroid dienone is 1. The Balaban J connectivity index is 4.48. The van der Waals surface area contributed by atoms with Gasteiger partial charge in [-0.15, -0.1) is 0 Å². The van der Waals surface area contributed by atoms with Crippen LogP contribution in [-0.4, -0.2) is 18.2 Å². The lowest BCUT2D eigenvalue weighted by Crippen LogP contribution is -1.97. The summed E-state index contributed by atoms with van der Waals surface area (Å²) in [5, 5.41) is 8.48. The molecule has 0 unspecified atom stereocenters. The number of methoxy groups -OCH3 is 1. The van der Waals surface area contributed by atoms with Gasteiger partial charge in [-0.1, -0.05) is 19.2 Å². The van der Waals surface area contributed by atoms with Crippen LogP contribution in [0.5, 0.6) is 0 Å². The summed E-state index contributed by atoms with van der Waals surface area (Å²) in [5.41, 5.74) is 0.0665. The fourth-order valence-electron chi connectivity index (χ4n) is 0.440. The van der Waals surface area contributed by atoms with E-state index in [2.05, 4.69) is 17.9 Å². The maximum atomic E-state index is 10.3. The Morgan fingerprint density at radius 1 is 1.64 bits per heavy atom. The fourth-order valence-corrected chi connectivity index (χ4v) is 0.440. The number of hydrogen-bond donors (Lipinski definition) is 1. The summed E-state index contributed by atoms with van der Waals surface area (Å²) in [6.45, 7) is 6.76. The molecule has 3 heteroatoms. The van der Waals surface area contributed by atoms with E-state index in [-0.39, 0.29) is 5.57 Å². The molecule has 0 aromatic rings. The minimum atomic E-state index is -1.04. The minimum Gasteiger partial charge on any atom is -0.497 e. The molecule has 0 saturated carbocycles. The van der Waals surface area contributed by atoms with Gasteiger partial charge in [0.25, 0.3) is 0 Å². The lowest BCUT2D eigenvalue weighted by molar-refractivity contribution is -0.132. The summed E-state index contributed by atoms with van der Waals surface area (Å²) in [6, 6.07) is 0. The molecule has 0 aromatic heterocycles. The van der Waals surface area contributed by atoms with E-state index < -0.39 is 5.97 Å². The maximum absolute atomic E-state index is 10.3. The maximum Gasteiger partial charge on any atom is 0.335 e. The fraction of sp³-hybridized carbons (Fsp3) is 0.125. The number of rotatable bonds is 4. The molecule has 0 aromatic carbocycles. The predicted octanol–water partition coefficient (Wildman–Crippen LogP) is 1.34. The van der Waals surface area contributed by atoms with E-state index in [9.17, 15) is 4.79 Å². The van der Waals surface area contributed by atoms with Crippen LogP contribution < -0.4 is 0 Å². The third-order valence-electron chi connectivity index (χ3n) is 1.05. The van der Waals surface area contributed by atoms with E-state index in [1.165, 1.54) is 19.3 Å². The lowest BCUT2D eigenvalue weighted by atomic mass is 10.2. The number of hydrogen-bond acceptors (Lipinski definition) is 2. The molecule has 3 nitrogen and oxygen atoms in total. The van der Waals surface area contributed by atoms with Gasteiger partial charge in [0.1, 0.15) is 5.76 Å². The number of carboxylic acid groups (broad SMARTS) is 1. The summed E-state index contributed by atoms with van der Waals surface area (Å²) in [4.78, 5) is 10.3. The Morgan fingerprint density at radius 2 is 2.18 bits per heavy atom. The molecule has 0 rings (SSSR count). The monoisotopic (exact) mass is 154 g/mol. The van der Waals surface area contributed by atoms with Crippen molar-refractivity contribution in [3.8, 4) is 0 Å². The highest BCUT2D eigenvalue weighted by atomic mass is 16.5. The van der Waals surface area contributed by atoms with Crippen molar-refractivity contribution in [1.29, 1.82) is 0 Å². The second-order valence-electron chi connectivity index (χ2n) is 1.78. The highest BCUT2D eigenvalue weighted by molar-refractivity contribution is 5.90.